The van der Waals surface area contributed by atoms with Gasteiger partial charge in [-0.1, -0.05) is 6.92 Å². The molecule has 0 saturated heterocycles. The molecule has 0 aliphatic rings. The molecule has 0 fully saturated rings. The van der Waals surface area contributed by atoms with Crippen LogP contribution in [0.25, 0.3) is 0 Å². The molecular weight excluding hydrogens is 271 g/mol. The molecule has 0 aliphatic heterocycles. The third-order valence-electron chi connectivity index (χ3n) is 2.86. The first kappa shape index (κ1) is 15.9. The summed E-state index contributed by atoms with van der Waals surface area (Å²) in [5.41, 5.74) is 5.63. The van der Waals surface area contributed by atoms with Gasteiger partial charge in [-0.25, -0.2) is 12.8 Å². The first-order chi connectivity index (χ1) is 8.84. The lowest BCUT2D eigenvalue weighted by Crippen LogP contribution is -2.33. The van der Waals surface area contributed by atoms with E-state index in [1.165, 1.54) is 17.3 Å². The molecule has 108 valence electrons. The van der Waals surface area contributed by atoms with Crippen LogP contribution in [0.5, 0.6) is 0 Å². The number of rotatable bonds is 6. The number of aliphatic hydroxyl groups excluding tert-OH is 1. The maximum atomic E-state index is 13.6. The highest BCUT2D eigenvalue weighted by atomic mass is 32.2. The van der Waals surface area contributed by atoms with E-state index in [9.17, 15) is 12.8 Å². The Morgan fingerprint density at radius 2 is 2.05 bits per heavy atom. The zero-order valence-electron chi connectivity index (χ0n) is 11.1. The average Bonchev–Trinajstić information content (AvgIpc) is 2.34. The monoisotopic (exact) mass is 290 g/mol. The first-order valence-electron chi connectivity index (χ1n) is 6.01. The number of nitrogens with zero attached hydrogens (tertiary/aromatic N) is 1. The zero-order chi connectivity index (χ0) is 14.6. The second kappa shape index (κ2) is 6.31. The van der Waals surface area contributed by atoms with Crippen molar-refractivity contribution in [2.45, 2.75) is 25.2 Å². The average molecular weight is 290 g/mol. The smallest absolute Gasteiger partial charge is 0.243 e. The number of hydrogen-bond donors (Lipinski definition) is 2. The predicted octanol–water partition coefficient (Wildman–Crippen LogP) is 1.11. The van der Waals surface area contributed by atoms with Crippen molar-refractivity contribution in [3.05, 3.63) is 23.5 Å². The molecule has 5 nitrogen and oxygen atoms in total. The first-order valence-corrected chi connectivity index (χ1v) is 7.45. The molecule has 0 aromatic heterocycles. The van der Waals surface area contributed by atoms with E-state index in [0.717, 1.165) is 6.07 Å². The fraction of sp³-hybridized carbons (Fsp3) is 0.500. The minimum Gasteiger partial charge on any atom is -0.399 e. The van der Waals surface area contributed by atoms with Crippen molar-refractivity contribution in [1.29, 1.82) is 0 Å². The van der Waals surface area contributed by atoms with Gasteiger partial charge >= 0.3 is 0 Å². The largest absolute Gasteiger partial charge is 0.399 e. The number of nitrogen functional groups attached to an aromatic ring is 1. The Kier molecular flexibility index (Phi) is 5.28. The fourth-order valence-electron chi connectivity index (χ4n) is 1.78. The van der Waals surface area contributed by atoms with Gasteiger partial charge in [0.2, 0.25) is 10.0 Å². The van der Waals surface area contributed by atoms with Crippen LogP contribution in [-0.2, 0) is 10.0 Å². The lowest BCUT2D eigenvalue weighted by atomic mass is 10.2. The third-order valence-corrected chi connectivity index (χ3v) is 4.96. The van der Waals surface area contributed by atoms with Crippen LogP contribution in [0.1, 0.15) is 18.9 Å². The predicted molar refractivity (Wildman–Crippen MR) is 71.7 cm³/mol. The highest BCUT2D eigenvalue weighted by Gasteiger charge is 2.26. The fourth-order valence-corrected chi connectivity index (χ4v) is 3.53. The van der Waals surface area contributed by atoms with Gasteiger partial charge in [-0.2, -0.15) is 4.31 Å². The molecule has 1 aromatic carbocycles. The maximum Gasteiger partial charge on any atom is 0.243 e. The van der Waals surface area contributed by atoms with Gasteiger partial charge in [0.25, 0.3) is 0 Å². The van der Waals surface area contributed by atoms with Gasteiger partial charge in [-0.3, -0.25) is 0 Å². The quantitative estimate of drug-likeness (QED) is 0.769. The van der Waals surface area contributed by atoms with E-state index in [1.54, 1.807) is 6.92 Å². The van der Waals surface area contributed by atoms with E-state index in [0.29, 0.717) is 6.42 Å². The molecule has 0 heterocycles. The molecule has 7 heteroatoms. The van der Waals surface area contributed by atoms with Gasteiger partial charge in [0.15, 0.2) is 0 Å². The van der Waals surface area contributed by atoms with Crippen molar-refractivity contribution in [3.63, 3.8) is 0 Å². The van der Waals surface area contributed by atoms with Crippen LogP contribution in [0.4, 0.5) is 10.1 Å². The molecule has 0 amide bonds. The summed E-state index contributed by atoms with van der Waals surface area (Å²) >= 11 is 0. The number of nitrogens with two attached hydrogens (primary N) is 1. The van der Waals surface area contributed by atoms with E-state index >= 15 is 0 Å². The van der Waals surface area contributed by atoms with Gasteiger partial charge in [-0.05, 0) is 25.5 Å². The Morgan fingerprint density at radius 3 is 2.58 bits per heavy atom. The molecule has 0 bridgehead atoms. The summed E-state index contributed by atoms with van der Waals surface area (Å²) in [6.45, 7) is 3.42. The summed E-state index contributed by atoms with van der Waals surface area (Å²) in [6.07, 6.45) is 0.330. The number of sulfonamides is 1. The van der Waals surface area contributed by atoms with Gasteiger partial charge in [0.1, 0.15) is 5.82 Å². The zero-order valence-corrected chi connectivity index (χ0v) is 11.9. The number of benzene rings is 1. The second-order valence-corrected chi connectivity index (χ2v) is 6.11. The van der Waals surface area contributed by atoms with Crippen LogP contribution < -0.4 is 5.73 Å². The Bertz CT molecular complexity index is 546. The second-order valence-electron chi connectivity index (χ2n) is 4.20. The summed E-state index contributed by atoms with van der Waals surface area (Å²) in [6, 6.07) is 2.35. The van der Waals surface area contributed by atoms with Crippen LogP contribution >= 0.6 is 0 Å². The van der Waals surface area contributed by atoms with Crippen LogP contribution in [0.3, 0.4) is 0 Å². The summed E-state index contributed by atoms with van der Waals surface area (Å²) in [7, 11) is -3.80. The summed E-state index contributed by atoms with van der Waals surface area (Å²) in [4.78, 5) is -0.121. The molecule has 1 aromatic rings. The normalized spacial score (nSPS) is 12.1. The van der Waals surface area contributed by atoms with Gasteiger partial charge in [0.05, 0.1) is 4.90 Å². The molecule has 0 radical (unpaired) electrons. The highest BCUT2D eigenvalue weighted by Crippen LogP contribution is 2.25. The molecule has 0 saturated carbocycles. The van der Waals surface area contributed by atoms with Crippen LogP contribution in [0, 0.1) is 12.7 Å². The molecule has 1 rings (SSSR count). The SMILES string of the molecule is CCN(CCCO)S(=O)(=O)c1cc(N)cc(F)c1C. The number of hydrogen-bond acceptors (Lipinski definition) is 4. The molecule has 0 atom stereocenters. The number of aliphatic hydroxyl groups is 1. The Morgan fingerprint density at radius 1 is 1.42 bits per heavy atom. The lowest BCUT2D eigenvalue weighted by Gasteiger charge is -2.21. The maximum absolute atomic E-state index is 13.6. The minimum atomic E-state index is -3.80. The standard InChI is InChI=1S/C12H19FN2O3S/c1-3-15(5-4-6-16)19(17,18)12-8-10(14)7-11(13)9(12)2/h7-8,16H,3-6,14H2,1-2H3. The van der Waals surface area contributed by atoms with Gasteiger partial charge in [-0.15, -0.1) is 0 Å². The third kappa shape index (κ3) is 3.43. The molecular formula is C12H19FN2O3S. The number of anilines is 1. The summed E-state index contributed by atoms with van der Waals surface area (Å²) in [5, 5.41) is 8.79. The molecule has 3 N–H and O–H groups in total. The Labute approximate surface area is 112 Å². The molecule has 0 spiro atoms. The Hall–Kier alpha value is -1.18. The van der Waals surface area contributed by atoms with Crippen molar-refractivity contribution in [2.24, 2.45) is 0 Å². The molecule has 19 heavy (non-hydrogen) atoms. The van der Waals surface area contributed by atoms with E-state index in [-0.39, 0.29) is 35.8 Å². The Balaban J connectivity index is 3.25. The van der Waals surface area contributed by atoms with Gasteiger partial charge < -0.3 is 10.8 Å². The van der Waals surface area contributed by atoms with E-state index in [2.05, 4.69) is 0 Å². The van der Waals surface area contributed by atoms with Gasteiger partial charge in [0, 0.05) is 30.9 Å². The minimum absolute atomic E-state index is 0.0525. The topological polar surface area (TPSA) is 83.6 Å². The van der Waals surface area contributed by atoms with Crippen LogP contribution in [-0.4, -0.2) is 37.5 Å². The highest BCUT2D eigenvalue weighted by molar-refractivity contribution is 7.89. The van der Waals surface area contributed by atoms with Crippen molar-refractivity contribution >= 4 is 15.7 Å². The van der Waals surface area contributed by atoms with Crippen molar-refractivity contribution < 1.29 is 17.9 Å². The molecule has 0 aliphatic carbocycles. The van der Waals surface area contributed by atoms with E-state index < -0.39 is 15.8 Å². The summed E-state index contributed by atoms with van der Waals surface area (Å²) in [5.74, 6) is -0.642. The number of halogens is 1. The van der Waals surface area contributed by atoms with Crippen molar-refractivity contribution in [3.8, 4) is 0 Å². The molecule has 0 unspecified atom stereocenters. The van der Waals surface area contributed by atoms with E-state index in [1.807, 2.05) is 0 Å². The van der Waals surface area contributed by atoms with Crippen LogP contribution in [0.2, 0.25) is 0 Å². The summed E-state index contributed by atoms with van der Waals surface area (Å²) < 4.78 is 39.6. The van der Waals surface area contributed by atoms with Crippen molar-refractivity contribution in [1.82, 2.24) is 4.31 Å². The van der Waals surface area contributed by atoms with Crippen molar-refractivity contribution in [2.75, 3.05) is 25.4 Å². The lowest BCUT2D eigenvalue weighted by molar-refractivity contribution is 0.271. The van der Waals surface area contributed by atoms with Crippen LogP contribution in [0.15, 0.2) is 17.0 Å². The van der Waals surface area contributed by atoms with E-state index in [4.69, 9.17) is 10.8 Å².